The molecule has 0 unspecified atom stereocenters. The fourth-order valence-corrected chi connectivity index (χ4v) is 7.24. The van der Waals surface area contributed by atoms with Crippen LogP contribution in [0.5, 0.6) is 5.75 Å². The number of allylic oxidation sites excluding steroid dienone is 1. The minimum absolute atomic E-state index is 0.0458. The second-order valence-electron chi connectivity index (χ2n) is 9.95. The van der Waals surface area contributed by atoms with Crippen LogP contribution in [0.3, 0.4) is 0 Å². The number of Topliss-reactive ketones (excluding diaryl/α,β-unsaturated/α-hetero) is 1. The number of methoxy groups -OCH3 is 1. The Morgan fingerprint density at radius 3 is 2.63 bits per heavy atom. The molecule has 0 amide bonds. The molecule has 3 heterocycles. The lowest BCUT2D eigenvalue weighted by Gasteiger charge is -2.17. The molecule has 10 heteroatoms. The van der Waals surface area contributed by atoms with Gasteiger partial charge >= 0.3 is 0 Å². The number of nitrogens with zero attached hydrogens (tertiary/aromatic N) is 2. The zero-order chi connectivity index (χ0) is 27.2. The van der Waals surface area contributed by atoms with Crippen molar-refractivity contribution in [2.75, 3.05) is 7.11 Å². The molecule has 9 nitrogen and oxygen atoms in total. The number of benzene rings is 1. The number of aromatic nitrogens is 4. The van der Waals surface area contributed by atoms with Crippen LogP contribution in [0.2, 0.25) is 0 Å². The van der Waals surface area contributed by atoms with Gasteiger partial charge in [0, 0.05) is 41.0 Å². The summed E-state index contributed by atoms with van der Waals surface area (Å²) in [5.41, 5.74) is 3.70. The first-order chi connectivity index (χ1) is 18.1. The molecule has 38 heavy (non-hydrogen) atoms. The number of ether oxygens (including phenoxy) is 1. The van der Waals surface area contributed by atoms with E-state index in [2.05, 4.69) is 21.8 Å². The summed E-state index contributed by atoms with van der Waals surface area (Å²) in [5, 5.41) is 7.38. The summed E-state index contributed by atoms with van der Waals surface area (Å²) in [4.78, 5) is 29.0. The van der Waals surface area contributed by atoms with Gasteiger partial charge in [-0.15, -0.1) is 6.58 Å². The zero-order valence-electron chi connectivity index (χ0n) is 21.6. The van der Waals surface area contributed by atoms with Crippen LogP contribution < -0.4 is 10.3 Å². The maximum atomic E-state index is 13.8. The van der Waals surface area contributed by atoms with Crippen molar-refractivity contribution in [2.24, 2.45) is 0 Å². The van der Waals surface area contributed by atoms with Gasteiger partial charge < -0.3 is 9.72 Å². The van der Waals surface area contributed by atoms with Crippen molar-refractivity contribution in [1.82, 2.24) is 19.2 Å². The summed E-state index contributed by atoms with van der Waals surface area (Å²) in [6.07, 6.45) is 8.30. The molecule has 0 radical (unpaired) electrons. The van der Waals surface area contributed by atoms with Gasteiger partial charge in [-0.3, -0.25) is 14.7 Å². The van der Waals surface area contributed by atoms with Crippen molar-refractivity contribution in [3.63, 3.8) is 0 Å². The number of ketones is 1. The lowest BCUT2D eigenvalue weighted by atomic mass is 9.95. The van der Waals surface area contributed by atoms with Crippen molar-refractivity contribution < 1.29 is 17.9 Å². The number of pyridine rings is 1. The minimum Gasteiger partial charge on any atom is -0.496 e. The lowest BCUT2D eigenvalue weighted by molar-refractivity contribution is 0.0984. The smallest absolute Gasteiger partial charge is 0.255 e. The molecule has 1 aliphatic rings. The molecule has 5 rings (SSSR count). The van der Waals surface area contributed by atoms with E-state index in [1.165, 1.54) is 11.1 Å². The third kappa shape index (κ3) is 4.18. The monoisotopic (exact) mass is 534 g/mol. The Morgan fingerprint density at radius 2 is 2.00 bits per heavy atom. The topological polar surface area (TPSA) is 127 Å². The highest BCUT2D eigenvalue weighted by Gasteiger charge is 2.54. The van der Waals surface area contributed by atoms with Crippen molar-refractivity contribution in [1.29, 1.82) is 0 Å². The van der Waals surface area contributed by atoms with E-state index in [9.17, 15) is 18.0 Å². The standard InChI is InChI=1S/C28H30N4O5S/c1-5-8-28(9-10-28)38(35,36)32-16-17(2)26-22(12-19(13-23(26)32)20-14-29-30-15-20)24(33)7-6-21-25(37-4)11-18(3)31-27(21)34/h5,11-16H,1,6-10H2,2-4H3,(H,29,30)(H,31,34). The van der Waals surface area contributed by atoms with Crippen molar-refractivity contribution >= 4 is 26.7 Å². The Hall–Kier alpha value is -3.92. The summed E-state index contributed by atoms with van der Waals surface area (Å²) in [5.74, 6) is 0.231. The second kappa shape index (κ2) is 9.43. The largest absolute Gasteiger partial charge is 0.496 e. The highest BCUT2D eigenvalue weighted by atomic mass is 32.2. The van der Waals surface area contributed by atoms with Crippen LogP contribution in [0.25, 0.3) is 22.0 Å². The van der Waals surface area contributed by atoms with E-state index in [4.69, 9.17) is 4.74 Å². The maximum Gasteiger partial charge on any atom is 0.255 e. The first kappa shape index (κ1) is 25.7. The van der Waals surface area contributed by atoms with Crippen LogP contribution in [-0.2, 0) is 16.4 Å². The maximum absolute atomic E-state index is 13.8. The van der Waals surface area contributed by atoms with Gasteiger partial charge in [-0.2, -0.15) is 5.10 Å². The fraction of sp³-hybridized carbons (Fsp3) is 0.321. The summed E-state index contributed by atoms with van der Waals surface area (Å²) >= 11 is 0. The van der Waals surface area contributed by atoms with Crippen LogP contribution in [0.1, 0.15) is 52.9 Å². The number of fused-ring (bicyclic) bond motifs is 1. The molecule has 2 N–H and O–H groups in total. The van der Waals surface area contributed by atoms with E-state index in [-0.39, 0.29) is 24.2 Å². The van der Waals surface area contributed by atoms with E-state index >= 15 is 0 Å². The highest BCUT2D eigenvalue weighted by Crippen LogP contribution is 2.49. The van der Waals surface area contributed by atoms with E-state index in [1.807, 2.05) is 6.92 Å². The number of hydrogen-bond donors (Lipinski definition) is 2. The van der Waals surface area contributed by atoms with Gasteiger partial charge in [0.15, 0.2) is 5.78 Å². The van der Waals surface area contributed by atoms with Crippen LogP contribution in [0.15, 0.2) is 54.2 Å². The number of carbonyl (C=O) groups excluding carboxylic acids is 1. The average molecular weight is 535 g/mol. The van der Waals surface area contributed by atoms with Gasteiger partial charge in [-0.25, -0.2) is 12.4 Å². The molecule has 0 saturated heterocycles. The molecule has 1 aliphatic carbocycles. The molecule has 0 spiro atoms. The highest BCUT2D eigenvalue weighted by molar-refractivity contribution is 7.91. The molecule has 3 aromatic heterocycles. The number of aryl methyl sites for hydroxylation is 2. The SMILES string of the molecule is C=CCC1(S(=O)(=O)n2cc(C)c3c(C(=O)CCc4c(OC)cc(C)[nH]c4=O)cc(-c4cn[nH]c4)cc32)CC1. The first-order valence-electron chi connectivity index (χ1n) is 12.4. The molecular formula is C28H30N4O5S. The molecule has 4 aromatic rings. The molecule has 0 bridgehead atoms. The van der Waals surface area contributed by atoms with Gasteiger partial charge in [-0.05, 0) is 68.9 Å². The summed E-state index contributed by atoms with van der Waals surface area (Å²) in [7, 11) is -2.26. The van der Waals surface area contributed by atoms with Crippen LogP contribution in [0, 0.1) is 13.8 Å². The molecule has 198 valence electrons. The van der Waals surface area contributed by atoms with Gasteiger partial charge in [0.2, 0.25) is 10.0 Å². The van der Waals surface area contributed by atoms with Gasteiger partial charge in [0.05, 0.1) is 29.1 Å². The number of rotatable bonds is 10. The van der Waals surface area contributed by atoms with Crippen LogP contribution in [-0.4, -0.2) is 45.2 Å². The Balaban J connectivity index is 1.63. The van der Waals surface area contributed by atoms with Crippen molar-refractivity contribution in [3.05, 3.63) is 82.2 Å². The third-order valence-corrected chi connectivity index (χ3v) is 9.86. The first-order valence-corrected chi connectivity index (χ1v) is 13.9. The quantitative estimate of drug-likeness (QED) is 0.229. The molecule has 0 aliphatic heterocycles. The predicted molar refractivity (Wildman–Crippen MR) is 146 cm³/mol. The summed E-state index contributed by atoms with van der Waals surface area (Å²) in [6.45, 7) is 7.32. The zero-order valence-corrected chi connectivity index (χ0v) is 22.4. The Kier molecular flexibility index (Phi) is 6.38. The third-order valence-electron chi connectivity index (χ3n) is 7.37. The van der Waals surface area contributed by atoms with Gasteiger partial charge in [-0.1, -0.05) is 6.08 Å². The molecule has 1 saturated carbocycles. The van der Waals surface area contributed by atoms with Crippen LogP contribution in [0.4, 0.5) is 0 Å². The number of carbonyl (C=O) groups is 1. The van der Waals surface area contributed by atoms with Crippen molar-refractivity contribution in [3.8, 4) is 16.9 Å². The predicted octanol–water partition coefficient (Wildman–Crippen LogP) is 4.45. The number of hydrogen-bond acceptors (Lipinski definition) is 6. The summed E-state index contributed by atoms with van der Waals surface area (Å²) in [6, 6.07) is 5.29. The van der Waals surface area contributed by atoms with Crippen LogP contribution >= 0.6 is 0 Å². The Morgan fingerprint density at radius 1 is 1.24 bits per heavy atom. The van der Waals surface area contributed by atoms with E-state index < -0.39 is 14.8 Å². The molecule has 1 aromatic carbocycles. The normalized spacial score (nSPS) is 14.5. The Bertz CT molecular complexity index is 1720. The summed E-state index contributed by atoms with van der Waals surface area (Å²) < 4.78 is 33.5. The van der Waals surface area contributed by atoms with E-state index in [0.717, 1.165) is 5.56 Å². The van der Waals surface area contributed by atoms with E-state index in [1.54, 1.807) is 49.8 Å². The average Bonchev–Trinajstić information content (AvgIpc) is 3.32. The van der Waals surface area contributed by atoms with E-state index in [0.29, 0.717) is 63.9 Å². The Labute approximate surface area is 220 Å². The molecule has 1 fully saturated rings. The minimum atomic E-state index is -3.75. The lowest BCUT2D eigenvalue weighted by Crippen LogP contribution is -2.28. The van der Waals surface area contributed by atoms with Gasteiger partial charge in [0.1, 0.15) is 5.75 Å². The fourth-order valence-electron chi connectivity index (χ4n) is 5.18. The molecular weight excluding hydrogens is 504 g/mol. The van der Waals surface area contributed by atoms with Gasteiger partial charge in [0.25, 0.3) is 5.56 Å². The van der Waals surface area contributed by atoms with Crippen molar-refractivity contribution in [2.45, 2.75) is 50.7 Å². The number of aromatic amines is 2. The number of H-pyrrole nitrogens is 2. The second-order valence-corrected chi connectivity index (χ2v) is 12.2. The number of nitrogens with one attached hydrogen (secondary N) is 2. The molecule has 0 atom stereocenters.